The Labute approximate surface area is 91.5 Å². The number of carbonyl (C=O) groups excluding carboxylic acids is 1. The quantitative estimate of drug-likeness (QED) is 0.797. The lowest BCUT2D eigenvalue weighted by Gasteiger charge is -2.05. The lowest BCUT2D eigenvalue weighted by molar-refractivity contribution is -0.143. The average molecular weight is 231 g/mol. The van der Waals surface area contributed by atoms with Crippen LogP contribution in [0, 0.1) is 6.92 Å². The second-order valence-electron chi connectivity index (χ2n) is 3.64. The van der Waals surface area contributed by atoms with Gasteiger partial charge in [0, 0.05) is 24.7 Å². The second-order valence-corrected chi connectivity index (χ2v) is 3.64. The molecule has 1 rings (SSSR count). The summed E-state index contributed by atoms with van der Waals surface area (Å²) in [4.78, 5) is 15.2. The summed E-state index contributed by atoms with van der Waals surface area (Å²) < 4.78 is 35.5. The van der Waals surface area contributed by atoms with E-state index in [0.717, 1.165) is 5.69 Å². The Hall–Kier alpha value is -1.39. The molecule has 0 aliphatic rings. The molecule has 0 N–H and O–H groups in total. The zero-order valence-electron chi connectivity index (χ0n) is 8.84. The van der Waals surface area contributed by atoms with Crippen molar-refractivity contribution in [3.63, 3.8) is 0 Å². The predicted molar refractivity (Wildman–Crippen MR) is 53.0 cm³/mol. The Morgan fingerprint density at radius 1 is 1.38 bits per heavy atom. The van der Waals surface area contributed by atoms with Gasteiger partial charge in [-0.05, 0) is 18.6 Å². The van der Waals surface area contributed by atoms with Crippen LogP contribution in [0.15, 0.2) is 18.3 Å². The summed E-state index contributed by atoms with van der Waals surface area (Å²) in [6, 6.07) is 3.43. The first-order chi connectivity index (χ1) is 7.37. The average Bonchev–Trinajstić information content (AvgIpc) is 2.18. The molecule has 0 spiro atoms. The zero-order valence-corrected chi connectivity index (χ0v) is 8.84. The topological polar surface area (TPSA) is 30.0 Å². The molecule has 1 aromatic heterocycles. The third-order valence-electron chi connectivity index (χ3n) is 2.06. The standard InChI is InChI=1S/C11H12F3NO/c1-8-2-3-9(7-15-8)6-10(16)4-5-11(12,13)14/h2-3,7H,4-6H2,1H3. The number of rotatable bonds is 4. The second kappa shape index (κ2) is 5.09. The van der Waals surface area contributed by atoms with Crippen molar-refractivity contribution in [2.24, 2.45) is 0 Å². The van der Waals surface area contributed by atoms with Crippen molar-refractivity contribution in [1.82, 2.24) is 4.98 Å². The minimum absolute atomic E-state index is 0.0172. The summed E-state index contributed by atoms with van der Waals surface area (Å²) in [7, 11) is 0. The molecule has 0 aliphatic heterocycles. The largest absolute Gasteiger partial charge is 0.389 e. The Bertz CT molecular complexity index is 356. The normalized spacial score (nSPS) is 11.5. The third-order valence-corrected chi connectivity index (χ3v) is 2.06. The lowest BCUT2D eigenvalue weighted by Crippen LogP contribution is -2.12. The predicted octanol–water partition coefficient (Wildman–Crippen LogP) is 2.84. The molecule has 2 nitrogen and oxygen atoms in total. The van der Waals surface area contributed by atoms with E-state index in [4.69, 9.17) is 0 Å². The highest BCUT2D eigenvalue weighted by Crippen LogP contribution is 2.21. The summed E-state index contributed by atoms with van der Waals surface area (Å²) in [5, 5.41) is 0. The summed E-state index contributed by atoms with van der Waals surface area (Å²) in [6.45, 7) is 1.80. The van der Waals surface area contributed by atoms with E-state index in [1.54, 1.807) is 19.1 Å². The maximum absolute atomic E-state index is 11.8. The number of halogens is 3. The molecule has 0 amide bonds. The molecule has 0 saturated carbocycles. The van der Waals surface area contributed by atoms with Gasteiger partial charge in [-0.15, -0.1) is 0 Å². The van der Waals surface area contributed by atoms with E-state index in [1.807, 2.05) is 0 Å². The van der Waals surface area contributed by atoms with Crippen molar-refractivity contribution in [3.05, 3.63) is 29.6 Å². The SMILES string of the molecule is Cc1ccc(CC(=O)CCC(F)(F)F)cn1. The van der Waals surface area contributed by atoms with Crippen molar-refractivity contribution in [2.45, 2.75) is 32.4 Å². The molecule has 88 valence electrons. The monoisotopic (exact) mass is 231 g/mol. The van der Waals surface area contributed by atoms with Crippen molar-refractivity contribution < 1.29 is 18.0 Å². The van der Waals surface area contributed by atoms with Crippen LogP contribution in [0.5, 0.6) is 0 Å². The van der Waals surface area contributed by atoms with Crippen LogP contribution >= 0.6 is 0 Å². The van der Waals surface area contributed by atoms with Crippen molar-refractivity contribution in [3.8, 4) is 0 Å². The van der Waals surface area contributed by atoms with Crippen LogP contribution < -0.4 is 0 Å². The van der Waals surface area contributed by atoms with Crippen LogP contribution in [0.4, 0.5) is 13.2 Å². The minimum Gasteiger partial charge on any atom is -0.299 e. The first-order valence-electron chi connectivity index (χ1n) is 4.87. The van der Waals surface area contributed by atoms with Gasteiger partial charge in [-0.1, -0.05) is 6.07 Å². The maximum atomic E-state index is 11.8. The number of Topliss-reactive ketones (excluding diaryl/α,β-unsaturated/α-hetero) is 1. The fraction of sp³-hybridized carbons (Fsp3) is 0.455. The van der Waals surface area contributed by atoms with E-state index >= 15 is 0 Å². The molecule has 0 saturated heterocycles. The molecule has 0 atom stereocenters. The molecule has 0 aromatic carbocycles. The summed E-state index contributed by atoms with van der Waals surface area (Å²) >= 11 is 0. The Balaban J connectivity index is 2.43. The van der Waals surface area contributed by atoms with Gasteiger partial charge in [0.05, 0.1) is 6.42 Å². The number of carbonyl (C=O) groups is 1. The van der Waals surface area contributed by atoms with Crippen LogP contribution in [0.3, 0.4) is 0 Å². The Morgan fingerprint density at radius 3 is 2.56 bits per heavy atom. The molecular formula is C11H12F3NO. The van der Waals surface area contributed by atoms with Crippen LogP contribution in [0.2, 0.25) is 0 Å². The van der Waals surface area contributed by atoms with Crippen LogP contribution in [0.25, 0.3) is 0 Å². The fourth-order valence-electron chi connectivity index (χ4n) is 1.20. The molecule has 0 aliphatic carbocycles. The number of hydrogen-bond donors (Lipinski definition) is 0. The van der Waals surface area contributed by atoms with E-state index in [0.29, 0.717) is 5.56 Å². The van der Waals surface area contributed by atoms with Gasteiger partial charge in [0.15, 0.2) is 0 Å². The van der Waals surface area contributed by atoms with Crippen molar-refractivity contribution >= 4 is 5.78 Å². The molecular weight excluding hydrogens is 219 g/mol. The van der Waals surface area contributed by atoms with Gasteiger partial charge < -0.3 is 0 Å². The van der Waals surface area contributed by atoms with Crippen LogP contribution in [0.1, 0.15) is 24.1 Å². The summed E-state index contributed by atoms with van der Waals surface area (Å²) in [5.41, 5.74) is 1.46. The molecule has 0 bridgehead atoms. The lowest BCUT2D eigenvalue weighted by atomic mass is 10.1. The number of aryl methyl sites for hydroxylation is 1. The van der Waals surface area contributed by atoms with Gasteiger partial charge in [-0.2, -0.15) is 13.2 Å². The van der Waals surface area contributed by atoms with E-state index in [-0.39, 0.29) is 6.42 Å². The number of aromatic nitrogens is 1. The summed E-state index contributed by atoms with van der Waals surface area (Å²) in [6.07, 6.45) is -4.24. The number of nitrogens with zero attached hydrogens (tertiary/aromatic N) is 1. The fourth-order valence-corrected chi connectivity index (χ4v) is 1.20. The Kier molecular flexibility index (Phi) is 4.04. The third kappa shape index (κ3) is 4.91. The van der Waals surface area contributed by atoms with E-state index in [9.17, 15) is 18.0 Å². The first kappa shape index (κ1) is 12.7. The van der Waals surface area contributed by atoms with Gasteiger partial charge >= 0.3 is 6.18 Å². The van der Waals surface area contributed by atoms with Gasteiger partial charge in [0.25, 0.3) is 0 Å². The zero-order chi connectivity index (χ0) is 12.2. The van der Waals surface area contributed by atoms with E-state index < -0.39 is 24.8 Å². The highest BCUT2D eigenvalue weighted by molar-refractivity contribution is 5.80. The van der Waals surface area contributed by atoms with Crippen LogP contribution in [-0.4, -0.2) is 16.9 Å². The molecule has 1 heterocycles. The van der Waals surface area contributed by atoms with Gasteiger partial charge in [-0.25, -0.2) is 0 Å². The number of alkyl halides is 3. The van der Waals surface area contributed by atoms with Gasteiger partial charge in [-0.3, -0.25) is 9.78 Å². The summed E-state index contributed by atoms with van der Waals surface area (Å²) in [5.74, 6) is -0.414. The van der Waals surface area contributed by atoms with Gasteiger partial charge in [0.2, 0.25) is 0 Å². The maximum Gasteiger partial charge on any atom is 0.389 e. The smallest absolute Gasteiger partial charge is 0.299 e. The van der Waals surface area contributed by atoms with Crippen LogP contribution in [-0.2, 0) is 11.2 Å². The van der Waals surface area contributed by atoms with E-state index in [1.165, 1.54) is 6.20 Å². The Morgan fingerprint density at radius 2 is 2.06 bits per heavy atom. The number of hydrogen-bond acceptors (Lipinski definition) is 2. The van der Waals surface area contributed by atoms with Crippen molar-refractivity contribution in [2.75, 3.05) is 0 Å². The highest BCUT2D eigenvalue weighted by Gasteiger charge is 2.27. The molecule has 16 heavy (non-hydrogen) atoms. The van der Waals surface area contributed by atoms with Gasteiger partial charge in [0.1, 0.15) is 5.78 Å². The molecule has 0 unspecified atom stereocenters. The highest BCUT2D eigenvalue weighted by atomic mass is 19.4. The number of pyridine rings is 1. The van der Waals surface area contributed by atoms with E-state index in [2.05, 4.69) is 4.98 Å². The molecule has 0 radical (unpaired) electrons. The minimum atomic E-state index is -4.26. The molecule has 1 aromatic rings. The number of ketones is 1. The molecule has 0 fully saturated rings. The molecule has 5 heteroatoms. The first-order valence-corrected chi connectivity index (χ1v) is 4.87. The van der Waals surface area contributed by atoms with Crippen molar-refractivity contribution in [1.29, 1.82) is 0 Å².